The molecule has 0 N–H and O–H groups in total. The van der Waals surface area contributed by atoms with Gasteiger partial charge in [0.25, 0.3) is 0 Å². The van der Waals surface area contributed by atoms with Gasteiger partial charge < -0.3 is 4.42 Å². The normalized spacial score (nSPS) is 13.2. The van der Waals surface area contributed by atoms with Crippen molar-refractivity contribution in [2.75, 3.05) is 0 Å². The average Bonchev–Trinajstić information content (AvgIpc) is 3.84. The van der Waals surface area contributed by atoms with Gasteiger partial charge in [0.1, 0.15) is 11.2 Å². The number of hydrogen-bond acceptors (Lipinski definition) is 2. The van der Waals surface area contributed by atoms with E-state index in [4.69, 9.17) is 4.42 Å². The first-order valence-corrected chi connectivity index (χ1v) is 19.2. The number of rotatable bonds is 2. The summed E-state index contributed by atoms with van der Waals surface area (Å²) >= 11 is 1.86. The Morgan fingerprint density at radius 2 is 0.981 bits per heavy atom. The number of fused-ring (bicyclic) bond motifs is 14. The molecule has 2 aromatic heterocycles. The molecule has 1 nitrogen and oxygen atoms in total. The molecule has 0 bridgehead atoms. The Hall–Kier alpha value is -6.22. The predicted molar refractivity (Wildman–Crippen MR) is 228 cm³/mol. The van der Waals surface area contributed by atoms with E-state index in [1.54, 1.807) is 0 Å². The van der Waals surface area contributed by atoms with E-state index in [1.807, 2.05) is 11.3 Å². The summed E-state index contributed by atoms with van der Waals surface area (Å²) in [6.07, 6.45) is 0. The molecule has 0 fully saturated rings. The van der Waals surface area contributed by atoms with Crippen LogP contribution in [0.1, 0.15) is 25.0 Å². The van der Waals surface area contributed by atoms with Crippen LogP contribution in [0.2, 0.25) is 0 Å². The van der Waals surface area contributed by atoms with Crippen molar-refractivity contribution in [2.45, 2.75) is 19.3 Å². The molecule has 0 saturated heterocycles. The van der Waals surface area contributed by atoms with Gasteiger partial charge in [-0.15, -0.1) is 11.3 Å². The molecule has 0 amide bonds. The molecule has 250 valence electrons. The maximum absolute atomic E-state index is 6.84. The maximum Gasteiger partial charge on any atom is 0.145 e. The van der Waals surface area contributed by atoms with Crippen LogP contribution in [0.15, 0.2) is 174 Å². The van der Waals surface area contributed by atoms with Crippen LogP contribution in [0, 0.1) is 0 Å². The highest BCUT2D eigenvalue weighted by molar-refractivity contribution is 7.27. The van der Waals surface area contributed by atoms with E-state index in [1.165, 1.54) is 86.0 Å². The van der Waals surface area contributed by atoms with Crippen LogP contribution in [0.3, 0.4) is 0 Å². The average molecular weight is 695 g/mol. The lowest BCUT2D eigenvalue weighted by atomic mass is 9.81. The summed E-state index contributed by atoms with van der Waals surface area (Å²) in [5, 5.41) is 9.70. The standard InChI is InChI=1S/C51H34OS/c1-51(2)43-23-13-11-19-37(43)38-27-25-32(30-44(38)51)34-16-6-4-3-5-15-33(35-17-7-8-18-36(34)35)31-26-28-45-42(29-31)47-39-20-9-10-21-40(39)50-48(49(47)52-45)41-22-12-14-24-46(41)53-50/h3-30H,1-2H3. The van der Waals surface area contributed by atoms with Gasteiger partial charge in [0.05, 0.1) is 0 Å². The molecule has 2 heterocycles. The second kappa shape index (κ2) is 11.4. The summed E-state index contributed by atoms with van der Waals surface area (Å²) in [5.41, 5.74) is 12.0. The zero-order chi connectivity index (χ0) is 35.3. The molecule has 0 radical (unpaired) electrons. The van der Waals surface area contributed by atoms with E-state index in [2.05, 4.69) is 184 Å². The lowest BCUT2D eigenvalue weighted by Gasteiger charge is -2.22. The second-order valence-electron chi connectivity index (χ2n) is 14.8. The van der Waals surface area contributed by atoms with Crippen molar-refractivity contribution >= 4 is 75.0 Å². The van der Waals surface area contributed by atoms with Crippen LogP contribution < -0.4 is 0 Å². The molecular weight excluding hydrogens is 661 g/mol. The smallest absolute Gasteiger partial charge is 0.145 e. The molecule has 0 aliphatic heterocycles. The summed E-state index contributed by atoms with van der Waals surface area (Å²) in [6, 6.07) is 62.2. The molecule has 8 aromatic carbocycles. The van der Waals surface area contributed by atoms with E-state index < -0.39 is 0 Å². The third-order valence-electron chi connectivity index (χ3n) is 11.5. The van der Waals surface area contributed by atoms with Crippen molar-refractivity contribution < 1.29 is 4.42 Å². The van der Waals surface area contributed by atoms with Gasteiger partial charge >= 0.3 is 0 Å². The molecule has 10 aromatic rings. The Balaban J connectivity index is 1.18. The molecule has 0 saturated carbocycles. The first-order valence-electron chi connectivity index (χ1n) is 18.3. The van der Waals surface area contributed by atoms with E-state index in [0.717, 1.165) is 22.1 Å². The molecule has 0 spiro atoms. The highest BCUT2D eigenvalue weighted by Crippen LogP contribution is 2.50. The molecule has 53 heavy (non-hydrogen) atoms. The van der Waals surface area contributed by atoms with E-state index >= 15 is 0 Å². The van der Waals surface area contributed by atoms with Gasteiger partial charge in [-0.25, -0.2) is 0 Å². The van der Waals surface area contributed by atoms with Crippen molar-refractivity contribution in [1.82, 2.24) is 0 Å². The fraction of sp³-hybridized carbons (Fsp3) is 0.0588. The first kappa shape index (κ1) is 30.4. The summed E-state index contributed by atoms with van der Waals surface area (Å²) in [7, 11) is 0. The third-order valence-corrected chi connectivity index (χ3v) is 12.7. The Morgan fingerprint density at radius 1 is 0.415 bits per heavy atom. The highest BCUT2D eigenvalue weighted by Gasteiger charge is 2.35. The highest BCUT2D eigenvalue weighted by atomic mass is 32.1. The van der Waals surface area contributed by atoms with Crippen molar-refractivity contribution in [1.29, 1.82) is 0 Å². The van der Waals surface area contributed by atoms with Crippen molar-refractivity contribution in [3.8, 4) is 33.4 Å². The van der Waals surface area contributed by atoms with Crippen LogP contribution in [-0.4, -0.2) is 0 Å². The van der Waals surface area contributed by atoms with Crippen LogP contribution in [0.25, 0.3) is 97.0 Å². The van der Waals surface area contributed by atoms with Gasteiger partial charge in [-0.3, -0.25) is 0 Å². The number of furan rings is 1. The van der Waals surface area contributed by atoms with Crippen LogP contribution >= 0.6 is 11.3 Å². The number of hydrogen-bond donors (Lipinski definition) is 0. The lowest BCUT2D eigenvalue weighted by molar-refractivity contribution is 0.660. The van der Waals surface area contributed by atoms with Gasteiger partial charge in [0.15, 0.2) is 0 Å². The van der Waals surface area contributed by atoms with Crippen LogP contribution in [0.4, 0.5) is 0 Å². The quantitative estimate of drug-likeness (QED) is 0.176. The zero-order valence-corrected chi connectivity index (χ0v) is 30.3. The molecule has 1 aliphatic rings. The minimum absolute atomic E-state index is 0.0739. The molecule has 11 rings (SSSR count). The molecule has 2 heteroatoms. The summed E-state index contributed by atoms with van der Waals surface area (Å²) in [5.74, 6) is 0. The van der Waals surface area contributed by atoms with Crippen LogP contribution in [-0.2, 0) is 5.41 Å². The lowest BCUT2D eigenvalue weighted by Crippen LogP contribution is -2.14. The molecule has 1 aliphatic carbocycles. The van der Waals surface area contributed by atoms with E-state index in [0.29, 0.717) is 0 Å². The first-order chi connectivity index (χ1) is 26.1. The van der Waals surface area contributed by atoms with Gasteiger partial charge in [0.2, 0.25) is 0 Å². The zero-order valence-electron chi connectivity index (χ0n) is 29.5. The monoisotopic (exact) mass is 694 g/mol. The Kier molecular flexibility index (Phi) is 6.53. The topological polar surface area (TPSA) is 13.1 Å². The van der Waals surface area contributed by atoms with Crippen LogP contribution in [0.5, 0.6) is 0 Å². The van der Waals surface area contributed by atoms with E-state index in [9.17, 15) is 0 Å². The number of benzene rings is 7. The third kappa shape index (κ3) is 4.43. The van der Waals surface area contributed by atoms with Crippen molar-refractivity contribution in [2.24, 2.45) is 0 Å². The molecule has 0 unspecified atom stereocenters. The minimum Gasteiger partial charge on any atom is -0.455 e. The summed E-state index contributed by atoms with van der Waals surface area (Å²) in [6.45, 7) is 4.71. The van der Waals surface area contributed by atoms with Gasteiger partial charge in [-0.2, -0.15) is 0 Å². The van der Waals surface area contributed by atoms with Gasteiger partial charge in [-0.1, -0.05) is 159 Å². The SMILES string of the molecule is CC1(C)c2ccccc2-c2ccc(-c3ccccccc(-c4ccc5oc6c(c5c4)c4ccccc4c4sc5ccccc5c64)c4ccccc34)cc21. The predicted octanol–water partition coefficient (Wildman–Crippen LogP) is 15.0. The minimum atomic E-state index is -0.0739. The second-order valence-corrected chi connectivity index (χ2v) is 15.8. The molecule has 0 atom stereocenters. The molecular formula is C51H34OS. The Labute approximate surface area is 311 Å². The van der Waals surface area contributed by atoms with Crippen molar-refractivity contribution in [3.63, 3.8) is 0 Å². The summed E-state index contributed by atoms with van der Waals surface area (Å²) in [4.78, 5) is 0. The Bertz CT molecular complexity index is 3210. The largest absolute Gasteiger partial charge is 0.455 e. The fourth-order valence-corrected chi connectivity index (χ4v) is 10.2. The Morgan fingerprint density at radius 3 is 1.75 bits per heavy atom. The van der Waals surface area contributed by atoms with Crippen molar-refractivity contribution in [3.05, 3.63) is 181 Å². The van der Waals surface area contributed by atoms with Gasteiger partial charge in [-0.05, 0) is 84.9 Å². The van der Waals surface area contributed by atoms with Gasteiger partial charge in [0, 0.05) is 41.7 Å². The maximum atomic E-state index is 6.84. The number of thiophene rings is 1. The van der Waals surface area contributed by atoms with E-state index in [-0.39, 0.29) is 5.41 Å². The summed E-state index contributed by atoms with van der Waals surface area (Å²) < 4.78 is 9.41. The fourth-order valence-electron chi connectivity index (χ4n) is 9.01.